The number of carbonyl (C=O) groups is 1. The van der Waals surface area contributed by atoms with Crippen molar-refractivity contribution >= 4 is 5.78 Å². The summed E-state index contributed by atoms with van der Waals surface area (Å²) in [6.07, 6.45) is 6.65. The minimum atomic E-state index is -0.00463. The van der Waals surface area contributed by atoms with E-state index in [1.165, 1.54) is 0 Å². The molecule has 80 valence electrons. The van der Waals surface area contributed by atoms with Crippen LogP contribution in [-0.4, -0.2) is 28.8 Å². The lowest BCUT2D eigenvalue weighted by Gasteiger charge is -2.14. The van der Waals surface area contributed by atoms with E-state index in [0.717, 1.165) is 13.1 Å². The van der Waals surface area contributed by atoms with Crippen LogP contribution in [0.5, 0.6) is 0 Å². The molecule has 0 fully saturated rings. The summed E-state index contributed by atoms with van der Waals surface area (Å²) in [7, 11) is 0. The Bertz CT molecular complexity index is 329. The quantitative estimate of drug-likeness (QED) is 0.544. The molecule has 3 heteroatoms. The highest BCUT2D eigenvalue weighted by molar-refractivity contribution is 6.04. The molecular formula is C12H16N2O. The molecule has 0 aliphatic rings. The van der Waals surface area contributed by atoms with E-state index in [1.807, 2.05) is 6.20 Å². The van der Waals surface area contributed by atoms with Crippen LogP contribution < -0.4 is 0 Å². The number of aromatic nitrogens is 1. The van der Waals surface area contributed by atoms with Crippen molar-refractivity contribution in [3.63, 3.8) is 0 Å². The zero-order chi connectivity index (χ0) is 11.1. The number of hydrogen-bond acceptors (Lipinski definition) is 3. The average Bonchev–Trinajstić information content (AvgIpc) is 2.31. The molecule has 1 rings (SSSR count). The Morgan fingerprint density at radius 1 is 1.47 bits per heavy atom. The lowest BCUT2D eigenvalue weighted by Crippen LogP contribution is -2.15. The van der Waals surface area contributed by atoms with E-state index in [-0.39, 0.29) is 5.78 Å². The summed E-state index contributed by atoms with van der Waals surface area (Å²) < 4.78 is 0. The molecule has 0 unspecified atom stereocenters. The molecule has 0 aliphatic heterocycles. The Morgan fingerprint density at radius 2 is 2.20 bits per heavy atom. The van der Waals surface area contributed by atoms with Gasteiger partial charge in [-0.25, -0.2) is 0 Å². The van der Waals surface area contributed by atoms with Gasteiger partial charge in [0.05, 0.1) is 0 Å². The van der Waals surface area contributed by atoms with Crippen LogP contribution in [0, 0.1) is 0 Å². The van der Waals surface area contributed by atoms with Crippen molar-refractivity contribution in [3.05, 3.63) is 42.4 Å². The number of ketones is 1. The summed E-state index contributed by atoms with van der Waals surface area (Å²) in [5.41, 5.74) is 0.626. The van der Waals surface area contributed by atoms with Crippen LogP contribution in [0.3, 0.4) is 0 Å². The first-order valence-corrected chi connectivity index (χ1v) is 5.14. The van der Waals surface area contributed by atoms with Gasteiger partial charge in [0.25, 0.3) is 0 Å². The molecule has 0 saturated heterocycles. The second-order valence-corrected chi connectivity index (χ2v) is 3.14. The predicted molar refractivity (Wildman–Crippen MR) is 60.6 cm³/mol. The minimum absolute atomic E-state index is 0.00463. The number of carbonyl (C=O) groups excluding carboxylic acids is 1. The number of nitrogens with zero attached hydrogens (tertiary/aromatic N) is 2. The van der Waals surface area contributed by atoms with E-state index in [2.05, 4.69) is 23.7 Å². The van der Waals surface area contributed by atoms with Crippen LogP contribution >= 0.6 is 0 Å². The molecule has 0 bridgehead atoms. The topological polar surface area (TPSA) is 33.2 Å². The molecule has 1 aromatic heterocycles. The molecule has 3 nitrogen and oxygen atoms in total. The summed E-state index contributed by atoms with van der Waals surface area (Å²) in [5.74, 6) is -0.00463. The normalized spacial score (nSPS) is 10.5. The van der Waals surface area contributed by atoms with E-state index in [9.17, 15) is 4.79 Å². The second kappa shape index (κ2) is 5.96. The molecule has 1 heterocycles. The first-order chi connectivity index (χ1) is 7.27. The van der Waals surface area contributed by atoms with Crippen molar-refractivity contribution in [1.82, 2.24) is 9.88 Å². The molecular weight excluding hydrogens is 188 g/mol. The van der Waals surface area contributed by atoms with E-state index >= 15 is 0 Å². The highest BCUT2D eigenvalue weighted by Gasteiger charge is 2.00. The third kappa shape index (κ3) is 3.54. The van der Waals surface area contributed by atoms with Gasteiger partial charge in [0, 0.05) is 43.3 Å². The number of allylic oxidation sites excluding steroid dienone is 1. The van der Waals surface area contributed by atoms with Gasteiger partial charge in [-0.3, -0.25) is 9.78 Å². The smallest absolute Gasteiger partial charge is 0.188 e. The van der Waals surface area contributed by atoms with Gasteiger partial charge in [-0.05, 0) is 26.0 Å². The predicted octanol–water partition coefficient (Wildman–Crippen LogP) is 2.12. The number of rotatable bonds is 5. The minimum Gasteiger partial charge on any atom is -0.378 e. The standard InChI is InChI=1S/C12H16N2O/c1-3-14(4-2)9-7-12(15)11-6-5-8-13-10-11/h5-10H,3-4H2,1-2H3. The van der Waals surface area contributed by atoms with E-state index in [1.54, 1.807) is 30.6 Å². The fraction of sp³-hybridized carbons (Fsp3) is 0.333. The highest BCUT2D eigenvalue weighted by Crippen LogP contribution is 1.99. The molecule has 15 heavy (non-hydrogen) atoms. The average molecular weight is 204 g/mol. The van der Waals surface area contributed by atoms with Gasteiger partial charge < -0.3 is 4.90 Å². The summed E-state index contributed by atoms with van der Waals surface area (Å²) in [6, 6.07) is 3.53. The number of hydrogen-bond donors (Lipinski definition) is 0. The Morgan fingerprint density at radius 3 is 2.73 bits per heavy atom. The van der Waals surface area contributed by atoms with Gasteiger partial charge in [-0.1, -0.05) is 0 Å². The van der Waals surface area contributed by atoms with Crippen LogP contribution in [0.25, 0.3) is 0 Å². The van der Waals surface area contributed by atoms with E-state index < -0.39 is 0 Å². The van der Waals surface area contributed by atoms with Crippen LogP contribution in [0.15, 0.2) is 36.8 Å². The molecule has 0 aliphatic carbocycles. The molecule has 0 N–H and O–H groups in total. The van der Waals surface area contributed by atoms with Crippen molar-refractivity contribution < 1.29 is 4.79 Å². The maximum Gasteiger partial charge on any atom is 0.188 e. The molecule has 0 atom stereocenters. The highest BCUT2D eigenvalue weighted by atomic mass is 16.1. The lowest BCUT2D eigenvalue weighted by atomic mass is 10.2. The first kappa shape index (κ1) is 11.4. The first-order valence-electron chi connectivity index (χ1n) is 5.14. The lowest BCUT2D eigenvalue weighted by molar-refractivity contribution is 0.104. The molecule has 0 radical (unpaired) electrons. The maximum atomic E-state index is 11.6. The largest absolute Gasteiger partial charge is 0.378 e. The zero-order valence-corrected chi connectivity index (χ0v) is 9.18. The Hall–Kier alpha value is -1.64. The Balaban J connectivity index is 2.63. The third-order valence-corrected chi connectivity index (χ3v) is 2.20. The maximum absolute atomic E-state index is 11.6. The summed E-state index contributed by atoms with van der Waals surface area (Å²) in [6.45, 7) is 5.94. The molecule has 1 aromatic rings. The number of pyridine rings is 1. The van der Waals surface area contributed by atoms with Gasteiger partial charge in [0.2, 0.25) is 0 Å². The fourth-order valence-corrected chi connectivity index (χ4v) is 1.21. The summed E-state index contributed by atoms with van der Waals surface area (Å²) in [5, 5.41) is 0. The van der Waals surface area contributed by atoms with Gasteiger partial charge in [-0.2, -0.15) is 0 Å². The van der Waals surface area contributed by atoms with Crippen molar-refractivity contribution in [2.45, 2.75) is 13.8 Å². The van der Waals surface area contributed by atoms with Crippen LogP contribution in [-0.2, 0) is 0 Å². The molecule has 0 spiro atoms. The van der Waals surface area contributed by atoms with E-state index in [0.29, 0.717) is 5.56 Å². The third-order valence-electron chi connectivity index (χ3n) is 2.20. The monoisotopic (exact) mass is 204 g/mol. The van der Waals surface area contributed by atoms with E-state index in [4.69, 9.17) is 0 Å². The molecule has 0 amide bonds. The fourth-order valence-electron chi connectivity index (χ4n) is 1.21. The van der Waals surface area contributed by atoms with Crippen LogP contribution in [0.4, 0.5) is 0 Å². The van der Waals surface area contributed by atoms with Gasteiger partial charge >= 0.3 is 0 Å². The van der Waals surface area contributed by atoms with Crippen LogP contribution in [0.2, 0.25) is 0 Å². The Labute approximate surface area is 90.4 Å². The van der Waals surface area contributed by atoms with Gasteiger partial charge in [0.15, 0.2) is 5.78 Å². The second-order valence-electron chi connectivity index (χ2n) is 3.14. The van der Waals surface area contributed by atoms with Crippen molar-refractivity contribution in [1.29, 1.82) is 0 Å². The van der Waals surface area contributed by atoms with Crippen molar-refractivity contribution in [3.8, 4) is 0 Å². The van der Waals surface area contributed by atoms with Crippen molar-refractivity contribution in [2.75, 3.05) is 13.1 Å². The van der Waals surface area contributed by atoms with Crippen molar-refractivity contribution in [2.24, 2.45) is 0 Å². The van der Waals surface area contributed by atoms with Gasteiger partial charge in [0.1, 0.15) is 0 Å². The SMILES string of the molecule is CCN(C=CC(=O)c1cccnc1)CC. The zero-order valence-electron chi connectivity index (χ0n) is 9.18. The molecule has 0 saturated carbocycles. The summed E-state index contributed by atoms with van der Waals surface area (Å²) >= 11 is 0. The molecule has 0 aromatic carbocycles. The van der Waals surface area contributed by atoms with Crippen LogP contribution in [0.1, 0.15) is 24.2 Å². The summed E-state index contributed by atoms with van der Waals surface area (Å²) in [4.78, 5) is 17.6. The van der Waals surface area contributed by atoms with Gasteiger partial charge in [-0.15, -0.1) is 0 Å². The Kier molecular flexibility index (Phi) is 4.54.